The monoisotopic (exact) mass is 318 g/mol. The van der Waals surface area contributed by atoms with E-state index >= 15 is 0 Å². The first-order chi connectivity index (χ1) is 11.5. The van der Waals surface area contributed by atoms with Gasteiger partial charge in [-0.2, -0.15) is 0 Å². The fourth-order valence-corrected chi connectivity index (χ4v) is 3.37. The third-order valence-electron chi connectivity index (χ3n) is 4.86. The van der Waals surface area contributed by atoms with Crippen molar-refractivity contribution in [2.45, 2.75) is 39.4 Å². The molecule has 0 aliphatic heterocycles. The molecule has 0 amide bonds. The normalized spacial score (nSPS) is 21.7. The van der Waals surface area contributed by atoms with Crippen molar-refractivity contribution in [3.05, 3.63) is 97.0 Å². The minimum absolute atomic E-state index is 0.0697. The van der Waals surface area contributed by atoms with Gasteiger partial charge < -0.3 is 4.74 Å². The second-order valence-electron chi connectivity index (χ2n) is 7.27. The average Bonchev–Trinajstić information content (AvgIpc) is 2.59. The van der Waals surface area contributed by atoms with E-state index in [4.69, 9.17) is 4.74 Å². The maximum Gasteiger partial charge on any atom is 0.0720 e. The van der Waals surface area contributed by atoms with Crippen LogP contribution in [0.25, 0.3) is 0 Å². The van der Waals surface area contributed by atoms with E-state index in [9.17, 15) is 0 Å². The highest BCUT2D eigenvalue weighted by molar-refractivity contribution is 5.42. The van der Waals surface area contributed by atoms with Gasteiger partial charge in [-0.05, 0) is 54.6 Å². The zero-order valence-corrected chi connectivity index (χ0v) is 14.7. The van der Waals surface area contributed by atoms with Crippen LogP contribution in [0, 0.1) is 30.6 Å². The molecule has 0 bridgehead atoms. The number of rotatable bonds is 5. The molecule has 2 aromatic rings. The van der Waals surface area contributed by atoms with Gasteiger partial charge in [0.2, 0.25) is 0 Å². The molecule has 0 heterocycles. The summed E-state index contributed by atoms with van der Waals surface area (Å²) in [6.07, 6.45) is 4.46. The van der Waals surface area contributed by atoms with Crippen LogP contribution in [0.1, 0.15) is 37.8 Å². The highest BCUT2D eigenvalue weighted by atomic mass is 16.5. The van der Waals surface area contributed by atoms with Crippen LogP contribution in [-0.4, -0.2) is 6.10 Å². The van der Waals surface area contributed by atoms with Gasteiger partial charge in [-0.15, -0.1) is 0 Å². The Balaban J connectivity index is 1.65. The Hall–Kier alpha value is -1.60. The van der Waals surface area contributed by atoms with Gasteiger partial charge >= 0.3 is 0 Å². The minimum atomic E-state index is 0.0697. The van der Waals surface area contributed by atoms with Crippen LogP contribution in [0.15, 0.2) is 60.7 Å². The molecule has 3 rings (SSSR count). The molecule has 0 spiro atoms. The quantitative estimate of drug-likeness (QED) is 0.694. The molecular weight excluding hydrogens is 292 g/mol. The number of ether oxygens (including phenoxy) is 1. The molecule has 1 nitrogen and oxygen atoms in total. The largest absolute Gasteiger partial charge is 0.374 e. The van der Waals surface area contributed by atoms with Crippen molar-refractivity contribution in [1.29, 1.82) is 0 Å². The Bertz CT molecular complexity index is 617. The molecule has 124 valence electrons. The van der Waals surface area contributed by atoms with Crippen molar-refractivity contribution in [2.24, 2.45) is 5.41 Å². The smallest absolute Gasteiger partial charge is 0.0720 e. The molecule has 1 heteroatoms. The second kappa shape index (κ2) is 7.53. The van der Waals surface area contributed by atoms with Gasteiger partial charge in [-0.25, -0.2) is 0 Å². The first kappa shape index (κ1) is 17.2. The molecule has 1 unspecified atom stereocenters. The molecule has 1 fully saturated rings. The Labute approximate surface area is 147 Å². The summed E-state index contributed by atoms with van der Waals surface area (Å²) in [5.41, 5.74) is 2.53. The molecule has 2 aromatic carbocycles. The van der Waals surface area contributed by atoms with Crippen molar-refractivity contribution in [1.82, 2.24) is 0 Å². The van der Waals surface area contributed by atoms with Crippen molar-refractivity contribution < 1.29 is 4.74 Å². The molecule has 0 saturated heterocycles. The summed E-state index contributed by atoms with van der Waals surface area (Å²) >= 11 is 0. The third-order valence-corrected chi connectivity index (χ3v) is 4.86. The van der Waals surface area contributed by atoms with Gasteiger partial charge in [0, 0.05) is 0 Å². The summed E-state index contributed by atoms with van der Waals surface area (Å²) in [6.45, 7) is 9.59. The minimum Gasteiger partial charge on any atom is -0.374 e. The van der Waals surface area contributed by atoms with Gasteiger partial charge in [0.15, 0.2) is 0 Å². The molecule has 4 radical (unpaired) electrons. The zero-order chi connectivity index (χ0) is 17.0. The van der Waals surface area contributed by atoms with Gasteiger partial charge in [0.1, 0.15) is 0 Å². The molecule has 1 saturated carbocycles. The van der Waals surface area contributed by atoms with Crippen LogP contribution in [0.5, 0.6) is 0 Å². The number of benzene rings is 2. The Morgan fingerprint density at radius 3 is 2.33 bits per heavy atom. The van der Waals surface area contributed by atoms with Crippen molar-refractivity contribution in [3.8, 4) is 0 Å². The number of hydrogen-bond donors (Lipinski definition) is 0. The Morgan fingerprint density at radius 2 is 1.67 bits per heavy atom. The summed E-state index contributed by atoms with van der Waals surface area (Å²) in [4.78, 5) is 0. The summed E-state index contributed by atoms with van der Waals surface area (Å²) in [6, 6.07) is 20.9. The van der Waals surface area contributed by atoms with Crippen molar-refractivity contribution in [3.63, 3.8) is 0 Å². The molecular formula is C23H26O. The lowest BCUT2D eigenvalue weighted by molar-refractivity contribution is 0.000664. The third kappa shape index (κ3) is 4.27. The number of hydrogen-bond acceptors (Lipinski definition) is 1. The van der Waals surface area contributed by atoms with Crippen LogP contribution >= 0.6 is 0 Å². The Kier molecular flexibility index (Phi) is 5.40. The lowest BCUT2D eigenvalue weighted by Gasteiger charge is -2.45. The maximum atomic E-state index is 6.24. The first-order valence-electron chi connectivity index (χ1n) is 8.65. The van der Waals surface area contributed by atoms with Crippen LogP contribution in [0.2, 0.25) is 0 Å². The van der Waals surface area contributed by atoms with E-state index in [0.717, 1.165) is 12.8 Å². The predicted octanol–water partition coefficient (Wildman–Crippen LogP) is 5.63. The van der Waals surface area contributed by atoms with Gasteiger partial charge in [-0.1, -0.05) is 74.5 Å². The summed E-state index contributed by atoms with van der Waals surface area (Å²) in [5, 5.41) is 0. The van der Waals surface area contributed by atoms with E-state index in [1.165, 1.54) is 23.0 Å². The van der Waals surface area contributed by atoms with Crippen LogP contribution in [-0.2, 0) is 11.3 Å². The van der Waals surface area contributed by atoms with Crippen LogP contribution in [0.4, 0.5) is 0 Å². The van der Waals surface area contributed by atoms with Gasteiger partial charge in [-0.3, -0.25) is 0 Å². The highest BCUT2D eigenvalue weighted by Crippen LogP contribution is 2.49. The van der Waals surface area contributed by atoms with Gasteiger partial charge in [0.25, 0.3) is 0 Å². The summed E-state index contributed by atoms with van der Waals surface area (Å²) in [5.74, 6) is 2.56. The highest BCUT2D eigenvalue weighted by Gasteiger charge is 2.41. The maximum absolute atomic E-state index is 6.24. The van der Waals surface area contributed by atoms with Crippen molar-refractivity contribution in [2.75, 3.05) is 0 Å². The van der Waals surface area contributed by atoms with Gasteiger partial charge in [0.05, 0.1) is 12.7 Å². The van der Waals surface area contributed by atoms with E-state index in [2.05, 4.69) is 75.7 Å². The molecule has 1 aliphatic carbocycles. The molecule has 0 aromatic heterocycles. The van der Waals surface area contributed by atoms with E-state index < -0.39 is 0 Å². The Morgan fingerprint density at radius 1 is 1.04 bits per heavy atom. The first-order valence-corrected chi connectivity index (χ1v) is 8.65. The topological polar surface area (TPSA) is 9.23 Å². The zero-order valence-electron chi connectivity index (χ0n) is 14.7. The fourth-order valence-electron chi connectivity index (χ4n) is 3.37. The second-order valence-corrected chi connectivity index (χ2v) is 7.27. The molecule has 1 atom stereocenters. The van der Waals surface area contributed by atoms with Crippen LogP contribution < -0.4 is 0 Å². The summed E-state index contributed by atoms with van der Waals surface area (Å²) in [7, 11) is 0. The molecule has 24 heavy (non-hydrogen) atoms. The molecule has 1 aliphatic rings. The average molecular weight is 318 g/mol. The molecule has 0 N–H and O–H groups in total. The predicted molar refractivity (Wildman–Crippen MR) is 99.7 cm³/mol. The van der Waals surface area contributed by atoms with E-state index in [1.54, 1.807) is 0 Å². The van der Waals surface area contributed by atoms with Crippen LogP contribution in [0.3, 0.4) is 0 Å². The fraction of sp³-hybridized carbons (Fsp3) is 0.304. The van der Waals surface area contributed by atoms with E-state index in [1.807, 2.05) is 12.1 Å². The standard InChI is InChI=1S/C23H26O/c1-18-21(14-19-10-6-4-7-11-19)15-22(16-23(18,2)3)24-17-20-12-8-5-9-13-20/h4-14,22H,1,15-17H2,2-3H3. The van der Waals surface area contributed by atoms with Crippen molar-refractivity contribution >= 4 is 0 Å². The lowest BCUT2D eigenvalue weighted by Crippen LogP contribution is -2.38. The van der Waals surface area contributed by atoms with E-state index in [-0.39, 0.29) is 11.5 Å². The lowest BCUT2D eigenvalue weighted by atomic mass is 9.62. The van der Waals surface area contributed by atoms with E-state index in [0.29, 0.717) is 6.61 Å². The SMILES string of the molecule is [CH2][C]1[C]([CH]c2ccccc2)CC(OCc2ccccc2)CC1(C)C. The summed E-state index contributed by atoms with van der Waals surface area (Å²) < 4.78 is 6.24.